The first-order valence-corrected chi connectivity index (χ1v) is 10.5. The van der Waals surface area contributed by atoms with E-state index < -0.39 is 0 Å². The number of rotatable bonds is 6. The van der Waals surface area contributed by atoms with Gasteiger partial charge in [0.2, 0.25) is 5.91 Å². The van der Waals surface area contributed by atoms with Crippen LogP contribution in [0, 0.1) is 0 Å². The summed E-state index contributed by atoms with van der Waals surface area (Å²) >= 11 is 1.42. The van der Waals surface area contributed by atoms with Crippen LogP contribution in [-0.4, -0.2) is 30.9 Å². The summed E-state index contributed by atoms with van der Waals surface area (Å²) in [7, 11) is 0. The molecule has 1 aliphatic rings. The maximum absolute atomic E-state index is 12.7. The first-order valence-electron chi connectivity index (χ1n) is 9.58. The second-order valence-electron chi connectivity index (χ2n) is 6.87. The number of anilines is 1. The number of fused-ring (bicyclic) bond motifs is 1. The van der Waals surface area contributed by atoms with Crippen molar-refractivity contribution >= 4 is 23.4 Å². The molecular weight excluding hydrogens is 370 g/mol. The molecule has 3 aromatic rings. The number of thioether (sulfide) groups is 1. The van der Waals surface area contributed by atoms with Crippen LogP contribution in [-0.2, 0) is 24.2 Å². The summed E-state index contributed by atoms with van der Waals surface area (Å²) in [5, 5.41) is 12.1. The van der Waals surface area contributed by atoms with Gasteiger partial charge in [0.1, 0.15) is 0 Å². The molecule has 0 saturated heterocycles. The average molecular weight is 394 g/mol. The summed E-state index contributed by atoms with van der Waals surface area (Å²) in [6.45, 7) is 4.67. The van der Waals surface area contributed by atoms with Gasteiger partial charge in [-0.2, -0.15) is 0 Å². The van der Waals surface area contributed by atoms with Crippen LogP contribution in [0.2, 0.25) is 0 Å². The average Bonchev–Trinajstić information content (AvgIpc) is 3.34. The predicted octanol–water partition coefficient (Wildman–Crippen LogP) is 3.97. The van der Waals surface area contributed by atoms with Crippen LogP contribution >= 0.6 is 11.8 Å². The first-order chi connectivity index (χ1) is 13.7. The number of benzene rings is 1. The predicted molar refractivity (Wildman–Crippen MR) is 111 cm³/mol. The van der Waals surface area contributed by atoms with E-state index in [0.29, 0.717) is 0 Å². The minimum Gasteiger partial charge on any atom is -0.325 e. The van der Waals surface area contributed by atoms with Crippen LogP contribution in [0.25, 0.3) is 11.4 Å². The molecule has 2 heterocycles. The van der Waals surface area contributed by atoms with Crippen LogP contribution < -0.4 is 5.32 Å². The van der Waals surface area contributed by atoms with Gasteiger partial charge in [-0.1, -0.05) is 17.8 Å². The van der Waals surface area contributed by atoms with Gasteiger partial charge in [-0.3, -0.25) is 9.78 Å². The minimum atomic E-state index is -0.284. The number of aromatic nitrogens is 4. The quantitative estimate of drug-likeness (QED) is 0.642. The van der Waals surface area contributed by atoms with E-state index in [9.17, 15) is 4.79 Å². The summed E-state index contributed by atoms with van der Waals surface area (Å²) in [5.41, 5.74) is 4.59. The summed E-state index contributed by atoms with van der Waals surface area (Å²) in [5.74, 6) is 0.762. The van der Waals surface area contributed by atoms with E-state index in [0.717, 1.165) is 41.6 Å². The second-order valence-corrected chi connectivity index (χ2v) is 8.18. The number of hydrogen-bond acceptors (Lipinski definition) is 5. The van der Waals surface area contributed by atoms with Gasteiger partial charge in [0.15, 0.2) is 11.0 Å². The Balaban J connectivity index is 1.46. The number of nitrogens with one attached hydrogen (secondary N) is 1. The third-order valence-electron chi connectivity index (χ3n) is 4.99. The van der Waals surface area contributed by atoms with Crippen molar-refractivity contribution in [3.63, 3.8) is 0 Å². The van der Waals surface area contributed by atoms with Gasteiger partial charge in [-0.05, 0) is 68.5 Å². The molecule has 0 spiro atoms. The van der Waals surface area contributed by atoms with Gasteiger partial charge in [-0.15, -0.1) is 10.2 Å². The Morgan fingerprint density at radius 2 is 1.96 bits per heavy atom. The van der Waals surface area contributed by atoms with E-state index >= 15 is 0 Å². The number of amides is 1. The number of carbonyl (C=O) groups is 1. The van der Waals surface area contributed by atoms with Crippen molar-refractivity contribution in [1.82, 2.24) is 19.7 Å². The maximum atomic E-state index is 12.7. The molecule has 1 N–H and O–H groups in total. The van der Waals surface area contributed by atoms with E-state index in [1.807, 2.05) is 36.6 Å². The highest BCUT2D eigenvalue weighted by atomic mass is 32.2. The smallest absolute Gasteiger partial charge is 0.237 e. The Labute approximate surface area is 168 Å². The summed E-state index contributed by atoms with van der Waals surface area (Å²) in [6.07, 6.45) is 6.92. The van der Waals surface area contributed by atoms with E-state index in [1.54, 1.807) is 12.4 Å². The molecule has 1 unspecified atom stereocenters. The van der Waals surface area contributed by atoms with Crippen LogP contribution in [0.4, 0.5) is 5.69 Å². The number of carbonyl (C=O) groups excluding carboxylic acids is 1. The van der Waals surface area contributed by atoms with Crippen molar-refractivity contribution in [2.24, 2.45) is 0 Å². The Bertz CT molecular complexity index is 986. The molecule has 4 rings (SSSR count). The van der Waals surface area contributed by atoms with Crippen molar-refractivity contribution < 1.29 is 4.79 Å². The van der Waals surface area contributed by atoms with Crippen LogP contribution in [0.5, 0.6) is 0 Å². The molecule has 144 valence electrons. The molecular formula is C21H23N5OS. The molecule has 1 atom stereocenters. The summed E-state index contributed by atoms with van der Waals surface area (Å²) in [6, 6.07) is 10.1. The lowest BCUT2D eigenvalue weighted by atomic mass is 10.1. The Hall–Kier alpha value is -2.67. The van der Waals surface area contributed by atoms with Crippen LogP contribution in [0.1, 0.15) is 31.4 Å². The van der Waals surface area contributed by atoms with Crippen LogP contribution in [0.15, 0.2) is 47.9 Å². The van der Waals surface area contributed by atoms with E-state index in [4.69, 9.17) is 0 Å². The highest BCUT2D eigenvalue weighted by molar-refractivity contribution is 8.00. The molecule has 0 radical (unpaired) electrons. The maximum Gasteiger partial charge on any atom is 0.237 e. The number of hydrogen-bond donors (Lipinski definition) is 1. The lowest BCUT2D eigenvalue weighted by Crippen LogP contribution is -2.23. The zero-order chi connectivity index (χ0) is 19.5. The van der Waals surface area contributed by atoms with E-state index in [-0.39, 0.29) is 11.2 Å². The van der Waals surface area contributed by atoms with Gasteiger partial charge in [-0.25, -0.2) is 0 Å². The largest absolute Gasteiger partial charge is 0.325 e. The highest BCUT2D eigenvalue weighted by Gasteiger charge is 2.21. The topological polar surface area (TPSA) is 72.7 Å². The summed E-state index contributed by atoms with van der Waals surface area (Å²) < 4.78 is 2.03. The standard InChI is InChI=1S/C21H23N5OS/c1-3-26-19(16-9-11-22-12-10-16)24-25-21(26)28-14(2)20(27)23-18-8-7-15-5-4-6-17(15)13-18/h7-14H,3-6H2,1-2H3,(H,23,27). The fourth-order valence-corrected chi connectivity index (χ4v) is 4.39. The molecule has 1 amide bonds. The Morgan fingerprint density at radius 1 is 1.18 bits per heavy atom. The third-order valence-corrected chi connectivity index (χ3v) is 6.07. The monoisotopic (exact) mass is 393 g/mol. The molecule has 0 fully saturated rings. The van der Waals surface area contributed by atoms with Gasteiger partial charge in [0.25, 0.3) is 0 Å². The highest BCUT2D eigenvalue weighted by Crippen LogP contribution is 2.28. The fraction of sp³-hybridized carbons (Fsp3) is 0.333. The molecule has 0 aliphatic heterocycles. The molecule has 7 heteroatoms. The lowest BCUT2D eigenvalue weighted by Gasteiger charge is -2.13. The van der Waals surface area contributed by atoms with E-state index in [2.05, 4.69) is 32.6 Å². The zero-order valence-corrected chi connectivity index (χ0v) is 16.9. The number of pyridine rings is 1. The molecule has 2 aromatic heterocycles. The van der Waals surface area contributed by atoms with Gasteiger partial charge >= 0.3 is 0 Å². The molecule has 0 saturated carbocycles. The Kier molecular flexibility index (Phi) is 5.43. The molecule has 0 bridgehead atoms. The lowest BCUT2D eigenvalue weighted by molar-refractivity contribution is -0.115. The second kappa shape index (κ2) is 8.14. The van der Waals surface area contributed by atoms with Gasteiger partial charge < -0.3 is 9.88 Å². The molecule has 6 nitrogen and oxygen atoms in total. The van der Waals surface area contributed by atoms with Crippen molar-refractivity contribution in [3.8, 4) is 11.4 Å². The first kappa shape index (κ1) is 18.7. The fourth-order valence-electron chi connectivity index (χ4n) is 3.48. The van der Waals surface area contributed by atoms with Crippen LogP contribution in [0.3, 0.4) is 0 Å². The normalized spacial score (nSPS) is 13.9. The van der Waals surface area contributed by atoms with Crippen molar-refractivity contribution in [2.45, 2.75) is 50.1 Å². The Morgan fingerprint density at radius 3 is 2.75 bits per heavy atom. The number of nitrogens with zero attached hydrogens (tertiary/aromatic N) is 4. The molecule has 1 aromatic carbocycles. The molecule has 1 aliphatic carbocycles. The van der Waals surface area contributed by atoms with Crippen molar-refractivity contribution in [2.75, 3.05) is 5.32 Å². The van der Waals surface area contributed by atoms with Crippen molar-refractivity contribution in [1.29, 1.82) is 0 Å². The SMILES string of the molecule is CCn1c(SC(C)C(=O)Nc2ccc3c(c2)CCC3)nnc1-c1ccncc1. The molecule has 28 heavy (non-hydrogen) atoms. The van der Waals surface area contributed by atoms with Gasteiger partial charge in [0, 0.05) is 30.2 Å². The van der Waals surface area contributed by atoms with Crippen molar-refractivity contribution in [3.05, 3.63) is 53.9 Å². The third kappa shape index (κ3) is 3.80. The number of aryl methyl sites for hydroxylation is 2. The zero-order valence-electron chi connectivity index (χ0n) is 16.1. The minimum absolute atomic E-state index is 0.0286. The summed E-state index contributed by atoms with van der Waals surface area (Å²) in [4.78, 5) is 16.7. The van der Waals surface area contributed by atoms with E-state index in [1.165, 1.54) is 29.3 Å². The van der Waals surface area contributed by atoms with Gasteiger partial charge in [0.05, 0.1) is 5.25 Å².